The number of fused-ring (bicyclic) bond motifs is 1. The van der Waals surface area contributed by atoms with E-state index in [1.54, 1.807) is 21.6 Å². The second-order valence-electron chi connectivity index (χ2n) is 8.94. The second-order valence-corrected chi connectivity index (χ2v) is 10.6. The fraction of sp³-hybridized carbons (Fsp3) is 0.308. The van der Waals surface area contributed by atoms with Crippen LogP contribution in [0.1, 0.15) is 47.9 Å². The molecule has 2 aromatic heterocycles. The molecule has 0 bridgehead atoms. The molecular weight excluding hydrogens is 464 g/mol. The summed E-state index contributed by atoms with van der Waals surface area (Å²) in [5.74, 6) is 0.353. The zero-order valence-corrected chi connectivity index (χ0v) is 20.8. The first-order valence-electron chi connectivity index (χ1n) is 11.5. The Morgan fingerprint density at radius 2 is 1.88 bits per heavy atom. The standard InChI is InChI=1S/C26H26N4O2S2/c1-16-9-11-18(12-10-16)15-30-25(32)21(34-26(30)33)14-20-22(27-19-7-3-4-8-19)28-23-17(2)6-5-13-29(23)24(20)31/h5-6,9-14,19,27H,3-4,7-8,15H2,1-2H3. The van der Waals surface area contributed by atoms with Crippen molar-refractivity contribution in [3.8, 4) is 0 Å². The van der Waals surface area contributed by atoms with Gasteiger partial charge >= 0.3 is 0 Å². The number of hydrogen-bond donors (Lipinski definition) is 1. The van der Waals surface area contributed by atoms with Crippen LogP contribution in [0.4, 0.5) is 5.82 Å². The molecule has 1 aromatic carbocycles. The third-order valence-electron chi connectivity index (χ3n) is 6.39. The van der Waals surface area contributed by atoms with Crippen molar-refractivity contribution in [2.24, 2.45) is 0 Å². The lowest BCUT2D eigenvalue weighted by Gasteiger charge is -2.16. The van der Waals surface area contributed by atoms with E-state index in [-0.39, 0.29) is 17.5 Å². The van der Waals surface area contributed by atoms with Crippen LogP contribution in [0.15, 0.2) is 52.3 Å². The van der Waals surface area contributed by atoms with Crippen molar-refractivity contribution in [2.75, 3.05) is 5.32 Å². The van der Waals surface area contributed by atoms with Crippen molar-refractivity contribution in [3.05, 3.63) is 80.1 Å². The van der Waals surface area contributed by atoms with Crippen LogP contribution in [0.25, 0.3) is 11.7 Å². The number of thioether (sulfide) groups is 1. The molecule has 0 radical (unpaired) electrons. The highest BCUT2D eigenvalue weighted by Crippen LogP contribution is 2.34. The van der Waals surface area contributed by atoms with Gasteiger partial charge < -0.3 is 5.32 Å². The van der Waals surface area contributed by atoms with Crippen molar-refractivity contribution in [2.45, 2.75) is 52.1 Å². The first-order valence-corrected chi connectivity index (χ1v) is 12.7. The van der Waals surface area contributed by atoms with Crippen molar-refractivity contribution >= 4 is 51.7 Å². The third kappa shape index (κ3) is 4.40. The quantitative estimate of drug-likeness (QED) is 0.398. The molecule has 1 aliphatic carbocycles. The molecule has 2 aliphatic rings. The molecule has 1 amide bonds. The molecule has 34 heavy (non-hydrogen) atoms. The Labute approximate surface area is 208 Å². The van der Waals surface area contributed by atoms with Gasteiger partial charge in [-0.1, -0.05) is 72.7 Å². The molecule has 1 saturated heterocycles. The molecule has 1 aliphatic heterocycles. The van der Waals surface area contributed by atoms with E-state index >= 15 is 0 Å². The minimum absolute atomic E-state index is 0.184. The van der Waals surface area contributed by atoms with Crippen LogP contribution in [-0.4, -0.2) is 30.6 Å². The van der Waals surface area contributed by atoms with Crippen LogP contribution in [0.5, 0.6) is 0 Å². The number of nitrogens with zero attached hydrogens (tertiary/aromatic N) is 3. The summed E-state index contributed by atoms with van der Waals surface area (Å²) in [6.45, 7) is 4.38. The first kappa shape index (κ1) is 22.8. The third-order valence-corrected chi connectivity index (χ3v) is 7.77. The summed E-state index contributed by atoms with van der Waals surface area (Å²) >= 11 is 6.76. The predicted molar refractivity (Wildman–Crippen MR) is 142 cm³/mol. The minimum Gasteiger partial charge on any atom is -0.367 e. The Kier molecular flexibility index (Phi) is 6.27. The number of rotatable bonds is 5. The van der Waals surface area contributed by atoms with Crippen LogP contribution >= 0.6 is 24.0 Å². The van der Waals surface area contributed by atoms with E-state index < -0.39 is 0 Å². The van der Waals surface area contributed by atoms with E-state index in [0.29, 0.717) is 32.8 Å². The molecule has 3 heterocycles. The van der Waals surface area contributed by atoms with E-state index in [4.69, 9.17) is 17.2 Å². The van der Waals surface area contributed by atoms with Crippen molar-refractivity contribution in [3.63, 3.8) is 0 Å². The Balaban J connectivity index is 1.53. The van der Waals surface area contributed by atoms with Gasteiger partial charge in [0.1, 0.15) is 15.8 Å². The molecule has 2 fully saturated rings. The summed E-state index contributed by atoms with van der Waals surface area (Å²) in [6.07, 6.45) is 7.80. The number of anilines is 1. The summed E-state index contributed by atoms with van der Waals surface area (Å²) < 4.78 is 2.04. The number of aryl methyl sites for hydroxylation is 2. The number of amides is 1. The van der Waals surface area contributed by atoms with E-state index in [2.05, 4.69) is 5.32 Å². The van der Waals surface area contributed by atoms with Crippen LogP contribution < -0.4 is 10.9 Å². The lowest BCUT2D eigenvalue weighted by atomic mass is 10.1. The van der Waals surface area contributed by atoms with Gasteiger partial charge in [-0.05, 0) is 50.0 Å². The molecule has 0 atom stereocenters. The highest BCUT2D eigenvalue weighted by molar-refractivity contribution is 8.26. The molecular formula is C26H26N4O2S2. The number of hydrogen-bond acceptors (Lipinski definition) is 6. The first-order chi connectivity index (χ1) is 16.4. The molecule has 3 aromatic rings. The average Bonchev–Trinajstić information content (AvgIpc) is 3.42. The predicted octanol–water partition coefficient (Wildman–Crippen LogP) is 5.07. The van der Waals surface area contributed by atoms with Gasteiger partial charge in [-0.15, -0.1) is 0 Å². The fourth-order valence-electron chi connectivity index (χ4n) is 4.46. The van der Waals surface area contributed by atoms with Crippen molar-refractivity contribution in [1.29, 1.82) is 0 Å². The van der Waals surface area contributed by atoms with E-state index in [1.165, 1.54) is 11.8 Å². The fourth-order valence-corrected chi connectivity index (χ4v) is 5.70. The number of thiocarbonyl (C=S) groups is 1. The van der Waals surface area contributed by atoms with Gasteiger partial charge in [-0.2, -0.15) is 0 Å². The Bertz CT molecular complexity index is 1370. The monoisotopic (exact) mass is 490 g/mol. The minimum atomic E-state index is -0.196. The molecule has 6 nitrogen and oxygen atoms in total. The van der Waals surface area contributed by atoms with Gasteiger partial charge in [0, 0.05) is 12.2 Å². The maximum atomic E-state index is 13.5. The van der Waals surface area contributed by atoms with Gasteiger partial charge in [0.05, 0.1) is 17.0 Å². The number of carbonyl (C=O) groups excluding carboxylic acids is 1. The maximum absolute atomic E-state index is 13.5. The maximum Gasteiger partial charge on any atom is 0.267 e. The number of pyridine rings is 1. The summed E-state index contributed by atoms with van der Waals surface area (Å²) in [5.41, 5.74) is 3.91. The van der Waals surface area contributed by atoms with E-state index in [1.807, 2.05) is 50.2 Å². The topological polar surface area (TPSA) is 66.7 Å². The molecule has 1 saturated carbocycles. The van der Waals surface area contributed by atoms with Gasteiger partial charge in [0.15, 0.2) is 0 Å². The second kappa shape index (κ2) is 9.35. The zero-order valence-electron chi connectivity index (χ0n) is 19.2. The summed E-state index contributed by atoms with van der Waals surface area (Å²) in [6, 6.07) is 12.1. The summed E-state index contributed by atoms with van der Waals surface area (Å²) in [4.78, 5) is 33.7. The number of benzene rings is 1. The van der Waals surface area contributed by atoms with E-state index in [0.717, 1.165) is 42.4 Å². The largest absolute Gasteiger partial charge is 0.367 e. The number of aromatic nitrogens is 2. The number of nitrogens with one attached hydrogen (secondary N) is 1. The van der Waals surface area contributed by atoms with E-state index in [9.17, 15) is 9.59 Å². The van der Waals surface area contributed by atoms with Crippen LogP contribution in [-0.2, 0) is 11.3 Å². The van der Waals surface area contributed by atoms with Gasteiger partial charge in [0.25, 0.3) is 11.5 Å². The zero-order chi connectivity index (χ0) is 23.8. The van der Waals surface area contributed by atoms with Crippen molar-refractivity contribution < 1.29 is 4.79 Å². The Hall–Kier alpha value is -2.97. The van der Waals surface area contributed by atoms with Gasteiger partial charge in [0.2, 0.25) is 0 Å². The lowest BCUT2D eigenvalue weighted by Crippen LogP contribution is -2.27. The molecule has 5 rings (SSSR count). The van der Waals surface area contributed by atoms with Crippen LogP contribution in [0.2, 0.25) is 0 Å². The Morgan fingerprint density at radius 1 is 1.15 bits per heavy atom. The molecule has 174 valence electrons. The smallest absolute Gasteiger partial charge is 0.267 e. The summed E-state index contributed by atoms with van der Waals surface area (Å²) in [5, 5.41) is 3.49. The summed E-state index contributed by atoms with van der Waals surface area (Å²) in [7, 11) is 0. The van der Waals surface area contributed by atoms with Gasteiger partial charge in [-0.25, -0.2) is 4.98 Å². The highest BCUT2D eigenvalue weighted by Gasteiger charge is 2.33. The molecule has 1 N–H and O–H groups in total. The average molecular weight is 491 g/mol. The van der Waals surface area contributed by atoms with Crippen LogP contribution in [0.3, 0.4) is 0 Å². The normalized spacial score (nSPS) is 17.9. The SMILES string of the molecule is Cc1ccc(CN2C(=O)C(=Cc3c(NC4CCCC4)nc4c(C)cccn4c3=O)SC2=S)cc1. The lowest BCUT2D eigenvalue weighted by molar-refractivity contribution is -0.122. The molecule has 0 unspecified atom stereocenters. The Morgan fingerprint density at radius 3 is 2.62 bits per heavy atom. The highest BCUT2D eigenvalue weighted by atomic mass is 32.2. The van der Waals surface area contributed by atoms with Crippen LogP contribution in [0, 0.1) is 13.8 Å². The van der Waals surface area contributed by atoms with Crippen molar-refractivity contribution in [1.82, 2.24) is 14.3 Å². The number of carbonyl (C=O) groups is 1. The van der Waals surface area contributed by atoms with Gasteiger partial charge in [-0.3, -0.25) is 18.9 Å². The molecule has 0 spiro atoms. The molecule has 8 heteroatoms.